The maximum Gasteiger partial charge on any atom is 0.136 e. The monoisotopic (exact) mass is 206 g/mol. The van der Waals surface area contributed by atoms with E-state index in [9.17, 15) is 4.79 Å². The van der Waals surface area contributed by atoms with E-state index in [-0.39, 0.29) is 0 Å². The van der Waals surface area contributed by atoms with Crippen molar-refractivity contribution in [2.75, 3.05) is 0 Å². The molecule has 0 N–H and O–H groups in total. The second-order valence-electron chi connectivity index (χ2n) is 6.00. The van der Waals surface area contributed by atoms with Gasteiger partial charge in [-0.3, -0.25) is 4.79 Å². The summed E-state index contributed by atoms with van der Waals surface area (Å²) in [6.07, 6.45) is 7.53. The topological polar surface area (TPSA) is 17.1 Å². The van der Waals surface area contributed by atoms with Gasteiger partial charge >= 0.3 is 0 Å². The fourth-order valence-corrected chi connectivity index (χ4v) is 3.31. The van der Waals surface area contributed by atoms with Crippen LogP contribution in [0.1, 0.15) is 52.9 Å². The largest absolute Gasteiger partial charge is 0.299 e. The van der Waals surface area contributed by atoms with Crippen LogP contribution >= 0.6 is 0 Å². The van der Waals surface area contributed by atoms with Crippen molar-refractivity contribution < 1.29 is 4.79 Å². The Hall–Kier alpha value is -0.590. The first-order chi connectivity index (χ1) is 7.00. The van der Waals surface area contributed by atoms with E-state index < -0.39 is 0 Å². The van der Waals surface area contributed by atoms with E-state index in [4.69, 9.17) is 0 Å². The summed E-state index contributed by atoms with van der Waals surface area (Å²) >= 11 is 0. The Morgan fingerprint density at radius 3 is 2.73 bits per heavy atom. The average Bonchev–Trinajstić information content (AvgIpc) is 2.18. The summed E-state index contributed by atoms with van der Waals surface area (Å²) in [5.41, 5.74) is 1.89. The molecule has 2 aliphatic rings. The number of Topliss-reactive ketones (excluding diaryl/α,β-unsaturated/α-hetero) is 1. The molecular formula is C14H22O. The van der Waals surface area contributed by atoms with Gasteiger partial charge in [0.25, 0.3) is 0 Å². The summed E-state index contributed by atoms with van der Waals surface area (Å²) in [6, 6.07) is 0. The van der Waals surface area contributed by atoms with Crippen molar-refractivity contribution in [2.24, 2.45) is 17.3 Å². The van der Waals surface area contributed by atoms with Gasteiger partial charge in [-0.2, -0.15) is 0 Å². The molecule has 1 saturated carbocycles. The van der Waals surface area contributed by atoms with Gasteiger partial charge in [0.15, 0.2) is 0 Å². The molecule has 84 valence electrons. The van der Waals surface area contributed by atoms with Gasteiger partial charge in [-0.15, -0.1) is 0 Å². The summed E-state index contributed by atoms with van der Waals surface area (Å²) < 4.78 is 0. The molecule has 0 aromatic rings. The summed E-state index contributed by atoms with van der Waals surface area (Å²) in [4.78, 5) is 11.9. The molecule has 0 amide bonds. The third kappa shape index (κ3) is 2.02. The van der Waals surface area contributed by atoms with Crippen molar-refractivity contribution in [3.05, 3.63) is 11.6 Å². The van der Waals surface area contributed by atoms with Crippen molar-refractivity contribution in [3.63, 3.8) is 0 Å². The Bertz CT molecular complexity index is 298. The van der Waals surface area contributed by atoms with Gasteiger partial charge in [-0.05, 0) is 43.9 Å². The number of hydrogen-bond donors (Lipinski definition) is 0. The molecule has 2 rings (SSSR count). The smallest absolute Gasteiger partial charge is 0.136 e. The molecular weight excluding hydrogens is 184 g/mol. The number of ketones is 1. The van der Waals surface area contributed by atoms with Crippen LogP contribution in [-0.4, -0.2) is 5.78 Å². The van der Waals surface area contributed by atoms with Crippen LogP contribution in [0, 0.1) is 17.3 Å². The third-order valence-electron chi connectivity index (χ3n) is 4.38. The van der Waals surface area contributed by atoms with Gasteiger partial charge in [0, 0.05) is 12.3 Å². The van der Waals surface area contributed by atoms with Crippen LogP contribution in [0.25, 0.3) is 0 Å². The number of rotatable bonds is 0. The predicted molar refractivity (Wildman–Crippen MR) is 62.6 cm³/mol. The molecule has 0 aromatic heterocycles. The lowest BCUT2D eigenvalue weighted by atomic mass is 9.53. The molecule has 1 fully saturated rings. The van der Waals surface area contributed by atoms with E-state index in [1.54, 1.807) is 0 Å². The second-order valence-corrected chi connectivity index (χ2v) is 6.00. The van der Waals surface area contributed by atoms with E-state index in [1.807, 2.05) is 0 Å². The SMILES string of the molecule is C/C1=C/CCC(=O)[C@H]2CC(C)(C)[C@@H]2CC1. The van der Waals surface area contributed by atoms with E-state index in [0.29, 0.717) is 23.0 Å². The molecule has 0 heterocycles. The highest BCUT2D eigenvalue weighted by Crippen LogP contribution is 2.54. The lowest BCUT2D eigenvalue weighted by molar-refractivity contribution is -0.136. The number of hydrogen-bond acceptors (Lipinski definition) is 1. The lowest BCUT2D eigenvalue weighted by Crippen LogP contribution is -2.47. The van der Waals surface area contributed by atoms with Crippen LogP contribution in [0.15, 0.2) is 11.6 Å². The van der Waals surface area contributed by atoms with Gasteiger partial charge in [0.2, 0.25) is 0 Å². The van der Waals surface area contributed by atoms with Crippen LogP contribution in [0.2, 0.25) is 0 Å². The molecule has 0 saturated heterocycles. The molecule has 1 heteroatoms. The van der Waals surface area contributed by atoms with Gasteiger partial charge < -0.3 is 0 Å². The zero-order valence-electron chi connectivity index (χ0n) is 10.2. The number of allylic oxidation sites excluding steroid dienone is 2. The zero-order valence-corrected chi connectivity index (χ0v) is 10.2. The summed E-state index contributed by atoms with van der Waals surface area (Å²) in [6.45, 7) is 6.84. The number of carbonyl (C=O) groups is 1. The minimum atomic E-state index is 0.388. The van der Waals surface area contributed by atoms with E-state index in [2.05, 4.69) is 26.8 Å². The van der Waals surface area contributed by atoms with Crippen LogP contribution < -0.4 is 0 Å². The molecule has 2 aliphatic carbocycles. The highest BCUT2D eigenvalue weighted by molar-refractivity contribution is 5.82. The molecule has 0 unspecified atom stereocenters. The van der Waals surface area contributed by atoms with Gasteiger partial charge in [0.1, 0.15) is 5.78 Å². The molecule has 0 radical (unpaired) electrons. The fraction of sp³-hybridized carbons (Fsp3) is 0.786. The Balaban J connectivity index is 2.12. The predicted octanol–water partition coefficient (Wildman–Crippen LogP) is 3.74. The van der Waals surface area contributed by atoms with Crippen molar-refractivity contribution in [1.82, 2.24) is 0 Å². The van der Waals surface area contributed by atoms with E-state index in [0.717, 1.165) is 19.3 Å². The van der Waals surface area contributed by atoms with E-state index in [1.165, 1.54) is 18.4 Å². The Kier molecular flexibility index (Phi) is 2.74. The highest BCUT2D eigenvalue weighted by atomic mass is 16.1. The van der Waals surface area contributed by atoms with Gasteiger partial charge in [-0.25, -0.2) is 0 Å². The molecule has 2 atom stereocenters. The normalized spacial score (nSPS) is 38.9. The zero-order chi connectivity index (χ0) is 11.1. The first-order valence-corrected chi connectivity index (χ1v) is 6.19. The maximum atomic E-state index is 11.9. The van der Waals surface area contributed by atoms with Crippen molar-refractivity contribution in [3.8, 4) is 0 Å². The minimum absolute atomic E-state index is 0.388. The quantitative estimate of drug-likeness (QED) is 0.552. The molecule has 1 nitrogen and oxygen atoms in total. The fourth-order valence-electron chi connectivity index (χ4n) is 3.31. The Morgan fingerprint density at radius 1 is 1.33 bits per heavy atom. The average molecular weight is 206 g/mol. The first kappa shape index (κ1) is 10.9. The van der Waals surface area contributed by atoms with Crippen molar-refractivity contribution in [2.45, 2.75) is 52.9 Å². The highest BCUT2D eigenvalue weighted by Gasteiger charge is 2.49. The minimum Gasteiger partial charge on any atom is -0.299 e. The number of carbonyl (C=O) groups excluding carboxylic acids is 1. The second kappa shape index (κ2) is 3.77. The first-order valence-electron chi connectivity index (χ1n) is 6.19. The van der Waals surface area contributed by atoms with Crippen LogP contribution in [0.4, 0.5) is 0 Å². The van der Waals surface area contributed by atoms with E-state index >= 15 is 0 Å². The number of fused-ring (bicyclic) bond motifs is 1. The van der Waals surface area contributed by atoms with Crippen LogP contribution in [0.3, 0.4) is 0 Å². The maximum absolute atomic E-state index is 11.9. The molecule has 0 bridgehead atoms. The summed E-state index contributed by atoms with van der Waals surface area (Å²) in [5, 5.41) is 0. The standard InChI is InChI=1S/C14H22O/c1-10-5-4-6-13(15)11-9-14(2,3)12(11)8-7-10/h5,11-12H,4,6-9H2,1-3H3/b10-5-/t11-,12+/m0/s1. The van der Waals surface area contributed by atoms with Gasteiger partial charge in [-0.1, -0.05) is 25.5 Å². The molecule has 0 spiro atoms. The molecule has 0 aromatic carbocycles. The van der Waals surface area contributed by atoms with Crippen molar-refractivity contribution in [1.29, 1.82) is 0 Å². The molecule has 15 heavy (non-hydrogen) atoms. The molecule has 0 aliphatic heterocycles. The van der Waals surface area contributed by atoms with Crippen LogP contribution in [-0.2, 0) is 4.79 Å². The van der Waals surface area contributed by atoms with Gasteiger partial charge in [0.05, 0.1) is 0 Å². The summed E-state index contributed by atoms with van der Waals surface area (Å²) in [5.74, 6) is 1.55. The third-order valence-corrected chi connectivity index (χ3v) is 4.38. The van der Waals surface area contributed by atoms with Crippen molar-refractivity contribution >= 4 is 5.78 Å². The lowest BCUT2D eigenvalue weighted by Gasteiger charge is -2.51. The van der Waals surface area contributed by atoms with Crippen LogP contribution in [0.5, 0.6) is 0 Å². The Labute approximate surface area is 92.9 Å². The Morgan fingerprint density at radius 2 is 2.07 bits per heavy atom. The summed E-state index contributed by atoms with van der Waals surface area (Å²) in [7, 11) is 0.